The Morgan fingerprint density at radius 1 is 0.818 bits per heavy atom. The summed E-state index contributed by atoms with van der Waals surface area (Å²) in [5.41, 5.74) is 0. The van der Waals surface area contributed by atoms with E-state index in [9.17, 15) is 9.59 Å². The van der Waals surface area contributed by atoms with Gasteiger partial charge in [-0.25, -0.2) is 0 Å². The first-order valence-electron chi connectivity index (χ1n) is 11.6. The Morgan fingerprint density at radius 2 is 1.42 bits per heavy atom. The zero-order valence-electron chi connectivity index (χ0n) is 20.5. The molecule has 3 aliphatic rings. The molecule has 33 heavy (non-hydrogen) atoms. The molecule has 10 nitrogen and oxygen atoms in total. The maximum absolute atomic E-state index is 12.1. The average Bonchev–Trinajstić information content (AvgIpc) is 3.40. The molecule has 10 heteroatoms. The van der Waals surface area contributed by atoms with E-state index < -0.39 is 35.7 Å². The van der Waals surface area contributed by atoms with Crippen LogP contribution in [-0.4, -0.2) is 87.1 Å². The second kappa shape index (κ2) is 10.6. The first kappa shape index (κ1) is 26.5. The van der Waals surface area contributed by atoms with Crippen molar-refractivity contribution in [1.82, 2.24) is 0 Å². The maximum Gasteiger partial charge on any atom is 0.306 e. The molecule has 0 bridgehead atoms. The van der Waals surface area contributed by atoms with E-state index >= 15 is 0 Å². The summed E-state index contributed by atoms with van der Waals surface area (Å²) >= 11 is 0. The Morgan fingerprint density at radius 3 is 2.00 bits per heavy atom. The number of esters is 1. The Hall–Kier alpha value is -1.14. The first-order valence-corrected chi connectivity index (χ1v) is 11.6. The van der Waals surface area contributed by atoms with E-state index in [1.54, 1.807) is 0 Å². The third kappa shape index (κ3) is 7.17. The van der Waals surface area contributed by atoms with Crippen LogP contribution in [0.2, 0.25) is 0 Å². The van der Waals surface area contributed by atoms with Gasteiger partial charge in [0.1, 0.15) is 36.8 Å². The molecule has 0 amide bonds. The van der Waals surface area contributed by atoms with Gasteiger partial charge in [0, 0.05) is 26.4 Å². The molecule has 5 atom stereocenters. The standard InChI is InChI=1S/C23H38O10/c1-15(24)7-9-23(10-8-18(25)27-12-11-26-6)29-14-17(31-23)20-19(32-22(4,5)33-20)16-13-28-21(2,3)30-16/h16-17,19-20H,7-14H2,1-6H3/t16-,17+,19+,20+,23?/m0/s1. The third-order valence-corrected chi connectivity index (χ3v) is 5.92. The zero-order valence-corrected chi connectivity index (χ0v) is 20.5. The largest absolute Gasteiger partial charge is 0.463 e. The van der Waals surface area contributed by atoms with Crippen LogP contribution in [0.25, 0.3) is 0 Å². The Kier molecular flexibility index (Phi) is 8.53. The van der Waals surface area contributed by atoms with Gasteiger partial charge in [0.05, 0.1) is 26.2 Å². The van der Waals surface area contributed by atoms with E-state index in [-0.39, 0.29) is 50.3 Å². The highest BCUT2D eigenvalue weighted by atomic mass is 16.8. The molecule has 3 aliphatic heterocycles. The second-order valence-electron chi connectivity index (χ2n) is 9.73. The summed E-state index contributed by atoms with van der Waals surface area (Å²) in [4.78, 5) is 23.8. The highest BCUT2D eigenvalue weighted by molar-refractivity contribution is 5.75. The van der Waals surface area contributed by atoms with Crippen LogP contribution in [-0.2, 0) is 47.5 Å². The van der Waals surface area contributed by atoms with Gasteiger partial charge in [-0.05, 0) is 34.6 Å². The average molecular weight is 475 g/mol. The quantitative estimate of drug-likeness (QED) is 0.326. The van der Waals surface area contributed by atoms with Gasteiger partial charge in [0.25, 0.3) is 0 Å². The van der Waals surface area contributed by atoms with E-state index in [0.29, 0.717) is 19.6 Å². The minimum atomic E-state index is -1.08. The minimum Gasteiger partial charge on any atom is -0.463 e. The lowest BCUT2D eigenvalue weighted by molar-refractivity contribution is -0.200. The molecule has 3 fully saturated rings. The molecule has 0 N–H and O–H groups in total. The van der Waals surface area contributed by atoms with Crippen molar-refractivity contribution < 1.29 is 47.5 Å². The summed E-state index contributed by atoms with van der Waals surface area (Å²) in [6.07, 6.45) is -0.690. The van der Waals surface area contributed by atoms with Crippen LogP contribution in [0, 0.1) is 0 Å². The molecule has 0 radical (unpaired) electrons. The fourth-order valence-corrected chi connectivity index (χ4v) is 4.37. The lowest BCUT2D eigenvalue weighted by Crippen LogP contribution is -2.45. The second-order valence-corrected chi connectivity index (χ2v) is 9.73. The van der Waals surface area contributed by atoms with Crippen molar-refractivity contribution in [2.75, 3.05) is 33.5 Å². The molecule has 0 aromatic rings. The third-order valence-electron chi connectivity index (χ3n) is 5.92. The number of carbonyl (C=O) groups is 2. The number of ketones is 1. The highest BCUT2D eigenvalue weighted by Gasteiger charge is 2.56. The van der Waals surface area contributed by atoms with Gasteiger partial charge in [0.2, 0.25) is 0 Å². The molecular weight excluding hydrogens is 436 g/mol. The lowest BCUT2D eigenvalue weighted by Gasteiger charge is -2.30. The highest BCUT2D eigenvalue weighted by Crippen LogP contribution is 2.42. The first-order chi connectivity index (χ1) is 15.4. The SMILES string of the molecule is COCCOC(=O)CCC1(CCC(C)=O)OC[C@H]([C@H]2OC(C)(C)O[C@@H]2[C@@H]2COC(C)(C)O2)O1. The van der Waals surface area contributed by atoms with Crippen molar-refractivity contribution in [3.05, 3.63) is 0 Å². The summed E-state index contributed by atoms with van der Waals surface area (Å²) < 4.78 is 46.7. The number of rotatable bonds is 11. The fraction of sp³-hybridized carbons (Fsp3) is 0.913. The number of hydrogen-bond acceptors (Lipinski definition) is 10. The predicted octanol–water partition coefficient (Wildman–Crippen LogP) is 2.11. The summed E-state index contributed by atoms with van der Waals surface area (Å²) in [6.45, 7) is 10.1. The van der Waals surface area contributed by atoms with Crippen molar-refractivity contribution in [3.63, 3.8) is 0 Å². The molecule has 0 saturated carbocycles. The predicted molar refractivity (Wildman–Crippen MR) is 114 cm³/mol. The van der Waals surface area contributed by atoms with E-state index in [0.717, 1.165) is 0 Å². The Labute approximate surface area is 195 Å². The number of ether oxygens (including phenoxy) is 8. The molecular formula is C23H38O10. The minimum absolute atomic E-state index is 0.0193. The molecule has 3 heterocycles. The molecule has 0 aromatic carbocycles. The van der Waals surface area contributed by atoms with Gasteiger partial charge >= 0.3 is 5.97 Å². The van der Waals surface area contributed by atoms with Gasteiger partial charge in [-0.2, -0.15) is 0 Å². The molecule has 3 rings (SSSR count). The van der Waals surface area contributed by atoms with E-state index in [1.165, 1.54) is 14.0 Å². The van der Waals surface area contributed by atoms with Gasteiger partial charge in [-0.15, -0.1) is 0 Å². The van der Waals surface area contributed by atoms with E-state index in [4.69, 9.17) is 37.9 Å². The van der Waals surface area contributed by atoms with Crippen molar-refractivity contribution >= 4 is 11.8 Å². The summed E-state index contributed by atoms with van der Waals surface area (Å²) in [5, 5.41) is 0. The van der Waals surface area contributed by atoms with Crippen molar-refractivity contribution in [3.8, 4) is 0 Å². The molecule has 3 saturated heterocycles. The molecule has 1 unspecified atom stereocenters. The normalized spacial score (nSPS) is 35.1. The van der Waals surface area contributed by atoms with Gasteiger partial charge in [-0.1, -0.05) is 0 Å². The molecule has 190 valence electrons. The number of Topliss-reactive ketones (excluding diaryl/α,β-unsaturated/α-hetero) is 1. The van der Waals surface area contributed by atoms with Crippen LogP contribution < -0.4 is 0 Å². The van der Waals surface area contributed by atoms with Crippen molar-refractivity contribution in [2.45, 2.75) is 102 Å². The van der Waals surface area contributed by atoms with Gasteiger partial charge < -0.3 is 42.7 Å². The van der Waals surface area contributed by atoms with Crippen molar-refractivity contribution in [2.24, 2.45) is 0 Å². The summed E-state index contributed by atoms with van der Waals surface area (Å²) in [5.74, 6) is -2.96. The zero-order chi connectivity index (χ0) is 24.3. The molecule has 0 aromatic heterocycles. The van der Waals surface area contributed by atoms with Gasteiger partial charge in [0.15, 0.2) is 17.4 Å². The maximum atomic E-state index is 12.1. The summed E-state index contributed by atoms with van der Waals surface area (Å²) in [7, 11) is 1.54. The van der Waals surface area contributed by atoms with E-state index in [2.05, 4.69) is 0 Å². The Bertz CT molecular complexity index is 693. The van der Waals surface area contributed by atoms with Crippen LogP contribution in [0.3, 0.4) is 0 Å². The lowest BCUT2D eigenvalue weighted by atomic mass is 10.0. The van der Waals surface area contributed by atoms with Crippen LogP contribution in [0.5, 0.6) is 0 Å². The number of methoxy groups -OCH3 is 1. The van der Waals surface area contributed by atoms with Crippen LogP contribution in [0.1, 0.15) is 60.3 Å². The smallest absolute Gasteiger partial charge is 0.306 e. The molecule has 0 spiro atoms. The van der Waals surface area contributed by atoms with E-state index in [1.807, 2.05) is 27.7 Å². The number of hydrogen-bond donors (Lipinski definition) is 0. The van der Waals surface area contributed by atoms with Crippen LogP contribution in [0.15, 0.2) is 0 Å². The van der Waals surface area contributed by atoms with Crippen LogP contribution in [0.4, 0.5) is 0 Å². The monoisotopic (exact) mass is 474 g/mol. The van der Waals surface area contributed by atoms with Crippen LogP contribution >= 0.6 is 0 Å². The molecule has 0 aliphatic carbocycles. The van der Waals surface area contributed by atoms with Gasteiger partial charge in [-0.3, -0.25) is 4.79 Å². The Balaban J connectivity index is 1.67. The summed E-state index contributed by atoms with van der Waals surface area (Å²) in [6, 6.07) is 0. The number of carbonyl (C=O) groups excluding carboxylic acids is 2. The topological polar surface area (TPSA) is 108 Å². The fourth-order valence-electron chi connectivity index (χ4n) is 4.37. The van der Waals surface area contributed by atoms with Crippen molar-refractivity contribution in [1.29, 1.82) is 0 Å².